The van der Waals surface area contributed by atoms with Crippen molar-refractivity contribution in [2.24, 2.45) is 0 Å². The molecular formula is C11H7F3N2O4. The van der Waals surface area contributed by atoms with Gasteiger partial charge in [0.2, 0.25) is 0 Å². The number of fused-ring (bicyclic) bond motifs is 1. The average molecular weight is 288 g/mol. The molecule has 0 amide bonds. The van der Waals surface area contributed by atoms with Crippen molar-refractivity contribution in [1.82, 2.24) is 9.97 Å². The molecule has 1 heterocycles. The number of aliphatic carboxylic acids is 1. The summed E-state index contributed by atoms with van der Waals surface area (Å²) in [7, 11) is 0. The molecule has 0 atom stereocenters. The standard InChI is InChI=1S/C9H6N2O2.C2HF3O2/c12-8-5-10-9(13)6-3-1-2-4-7(6)11-8;3-2(4,5)1(6)7/h1-5H,(H,11,12);(H,6,7). The van der Waals surface area contributed by atoms with E-state index in [2.05, 4.69) is 9.97 Å². The van der Waals surface area contributed by atoms with E-state index in [-0.39, 0.29) is 5.56 Å². The molecule has 2 rings (SSSR count). The molecule has 9 heteroatoms. The van der Waals surface area contributed by atoms with Crippen LogP contribution in [-0.2, 0) is 4.79 Å². The molecule has 2 aromatic rings. The molecule has 106 valence electrons. The predicted molar refractivity (Wildman–Crippen MR) is 62.3 cm³/mol. The summed E-state index contributed by atoms with van der Waals surface area (Å²) in [5.41, 5.74) is -0.262. The quantitative estimate of drug-likeness (QED) is 0.750. The highest BCUT2D eigenvalue weighted by Gasteiger charge is 2.38. The number of alkyl halides is 3. The molecule has 20 heavy (non-hydrogen) atoms. The zero-order valence-corrected chi connectivity index (χ0v) is 9.64. The van der Waals surface area contributed by atoms with E-state index in [1.54, 1.807) is 24.3 Å². The maximum absolute atomic E-state index is 11.3. The van der Waals surface area contributed by atoms with Crippen molar-refractivity contribution in [3.05, 3.63) is 51.2 Å². The summed E-state index contributed by atoms with van der Waals surface area (Å²) in [6.07, 6.45) is -4.09. The first-order valence-corrected chi connectivity index (χ1v) is 5.00. The van der Waals surface area contributed by atoms with Crippen molar-refractivity contribution in [2.75, 3.05) is 0 Å². The lowest BCUT2D eigenvalue weighted by molar-refractivity contribution is -0.192. The first kappa shape index (κ1) is 15.3. The third-order valence-corrected chi connectivity index (χ3v) is 1.96. The van der Waals surface area contributed by atoms with Gasteiger partial charge in [-0.25, -0.2) is 9.78 Å². The molecule has 0 spiro atoms. The van der Waals surface area contributed by atoms with E-state index < -0.39 is 17.7 Å². The highest BCUT2D eigenvalue weighted by atomic mass is 19.4. The Labute approximate surface area is 108 Å². The fourth-order valence-corrected chi connectivity index (χ4v) is 1.13. The molecule has 0 fully saturated rings. The largest absolute Gasteiger partial charge is 0.490 e. The molecule has 0 unspecified atom stereocenters. The van der Waals surface area contributed by atoms with Crippen LogP contribution in [0.25, 0.3) is 10.9 Å². The van der Waals surface area contributed by atoms with Gasteiger partial charge in [-0.1, -0.05) is 12.1 Å². The molecule has 2 N–H and O–H groups in total. The van der Waals surface area contributed by atoms with Gasteiger partial charge in [-0.15, -0.1) is 0 Å². The van der Waals surface area contributed by atoms with E-state index in [0.717, 1.165) is 6.20 Å². The number of hydrogen-bond acceptors (Lipinski definition) is 4. The van der Waals surface area contributed by atoms with Crippen molar-refractivity contribution >= 4 is 16.9 Å². The molecule has 0 radical (unpaired) electrons. The highest BCUT2D eigenvalue weighted by molar-refractivity contribution is 5.76. The van der Waals surface area contributed by atoms with Crippen molar-refractivity contribution in [3.8, 4) is 0 Å². The number of aromatic amines is 1. The zero-order chi connectivity index (χ0) is 15.3. The molecule has 0 aliphatic carbocycles. The number of H-pyrrole nitrogens is 1. The number of hydrogen-bond donors (Lipinski definition) is 2. The van der Waals surface area contributed by atoms with Gasteiger partial charge in [-0.05, 0) is 12.1 Å². The number of nitrogens with one attached hydrogen (secondary N) is 1. The summed E-state index contributed by atoms with van der Waals surface area (Å²) in [5, 5.41) is 7.55. The summed E-state index contributed by atoms with van der Waals surface area (Å²) < 4.78 is 31.7. The number of aromatic nitrogens is 2. The van der Waals surface area contributed by atoms with Crippen LogP contribution < -0.4 is 11.1 Å². The zero-order valence-electron chi connectivity index (χ0n) is 9.64. The second-order valence-electron chi connectivity index (χ2n) is 3.40. The second-order valence-corrected chi connectivity index (χ2v) is 3.40. The van der Waals surface area contributed by atoms with E-state index in [9.17, 15) is 22.8 Å². The minimum Gasteiger partial charge on any atom is -0.475 e. The van der Waals surface area contributed by atoms with Gasteiger partial charge in [-0.2, -0.15) is 13.2 Å². The van der Waals surface area contributed by atoms with Crippen LogP contribution in [0.1, 0.15) is 0 Å². The lowest BCUT2D eigenvalue weighted by atomic mass is 10.2. The average Bonchev–Trinajstić information content (AvgIpc) is 2.49. The fraction of sp³-hybridized carbons (Fsp3) is 0.0909. The van der Waals surface area contributed by atoms with E-state index in [4.69, 9.17) is 9.90 Å². The number of carboxylic acids is 1. The van der Waals surface area contributed by atoms with Crippen LogP contribution in [0.2, 0.25) is 0 Å². The van der Waals surface area contributed by atoms with Crippen LogP contribution in [0.4, 0.5) is 13.2 Å². The molecule has 1 aromatic carbocycles. The van der Waals surface area contributed by atoms with E-state index in [0.29, 0.717) is 10.9 Å². The maximum Gasteiger partial charge on any atom is 0.490 e. The third kappa shape index (κ3) is 4.19. The van der Waals surface area contributed by atoms with Crippen LogP contribution in [0.3, 0.4) is 0 Å². The molecule has 0 aliphatic heterocycles. The Hall–Kier alpha value is -2.71. The Kier molecular flexibility index (Phi) is 4.57. The van der Waals surface area contributed by atoms with Crippen LogP contribution in [0.5, 0.6) is 0 Å². The minimum absolute atomic E-state index is 0.377. The molecule has 0 aliphatic rings. The van der Waals surface area contributed by atoms with Gasteiger partial charge in [0.1, 0.15) is 0 Å². The Morgan fingerprint density at radius 1 is 1.20 bits per heavy atom. The van der Waals surface area contributed by atoms with Gasteiger partial charge in [-0.3, -0.25) is 9.59 Å². The normalized spacial score (nSPS) is 10.6. The second kappa shape index (κ2) is 5.95. The molecule has 0 saturated carbocycles. The van der Waals surface area contributed by atoms with E-state index in [1.807, 2.05) is 0 Å². The summed E-state index contributed by atoms with van der Waals surface area (Å²) >= 11 is 0. The van der Waals surface area contributed by atoms with Gasteiger partial charge in [0.15, 0.2) is 0 Å². The van der Waals surface area contributed by atoms with Crippen LogP contribution in [-0.4, -0.2) is 27.2 Å². The summed E-state index contributed by atoms with van der Waals surface area (Å²) in [5.74, 6) is -2.76. The predicted octanol–water partition coefficient (Wildman–Crippen LogP) is 0.917. The Balaban J connectivity index is 0.000000246. The molecule has 0 saturated heterocycles. The van der Waals surface area contributed by atoms with Crippen molar-refractivity contribution in [2.45, 2.75) is 6.18 Å². The number of benzene rings is 1. The highest BCUT2D eigenvalue weighted by Crippen LogP contribution is 2.13. The van der Waals surface area contributed by atoms with Gasteiger partial charge in [0.05, 0.1) is 17.1 Å². The smallest absolute Gasteiger partial charge is 0.475 e. The fourth-order valence-electron chi connectivity index (χ4n) is 1.13. The summed E-state index contributed by atoms with van der Waals surface area (Å²) in [6.45, 7) is 0. The first-order valence-electron chi connectivity index (χ1n) is 5.00. The topological polar surface area (TPSA) is 100 Å². The number of halogens is 3. The summed E-state index contributed by atoms with van der Waals surface area (Å²) in [6, 6.07) is 6.77. The van der Waals surface area contributed by atoms with Gasteiger partial charge < -0.3 is 10.1 Å². The van der Waals surface area contributed by atoms with Crippen LogP contribution in [0, 0.1) is 0 Å². The Morgan fingerprint density at radius 3 is 2.30 bits per heavy atom. The molecular weight excluding hydrogens is 281 g/mol. The SMILES string of the molecule is O=C(O)C(F)(F)F.O=c1cnc(=O)c2ccccc2[nH]1. The van der Waals surface area contributed by atoms with Crippen molar-refractivity contribution in [1.29, 1.82) is 0 Å². The number of carbonyl (C=O) groups is 1. The van der Waals surface area contributed by atoms with E-state index in [1.165, 1.54) is 0 Å². The first-order chi connectivity index (χ1) is 9.21. The third-order valence-electron chi connectivity index (χ3n) is 1.96. The monoisotopic (exact) mass is 288 g/mol. The molecule has 0 bridgehead atoms. The number of carboxylic acid groups (broad SMARTS) is 1. The van der Waals surface area contributed by atoms with Crippen LogP contribution >= 0.6 is 0 Å². The maximum atomic E-state index is 11.3. The van der Waals surface area contributed by atoms with Crippen LogP contribution in [0.15, 0.2) is 40.1 Å². The lowest BCUT2D eigenvalue weighted by Crippen LogP contribution is -2.21. The summed E-state index contributed by atoms with van der Waals surface area (Å²) in [4.78, 5) is 37.1. The van der Waals surface area contributed by atoms with Crippen molar-refractivity contribution in [3.63, 3.8) is 0 Å². The Morgan fingerprint density at radius 2 is 1.75 bits per heavy atom. The minimum atomic E-state index is -5.08. The van der Waals surface area contributed by atoms with Gasteiger partial charge in [0.25, 0.3) is 11.1 Å². The number of para-hydroxylation sites is 1. The lowest BCUT2D eigenvalue weighted by Gasteiger charge is -1.93. The number of rotatable bonds is 0. The Bertz CT molecular complexity index is 740. The van der Waals surface area contributed by atoms with Gasteiger partial charge in [0, 0.05) is 0 Å². The number of nitrogens with zero attached hydrogens (tertiary/aromatic N) is 1. The molecule has 6 nitrogen and oxygen atoms in total. The van der Waals surface area contributed by atoms with Gasteiger partial charge >= 0.3 is 12.1 Å². The van der Waals surface area contributed by atoms with Crippen molar-refractivity contribution < 1.29 is 23.1 Å². The van der Waals surface area contributed by atoms with E-state index >= 15 is 0 Å². The molecule has 1 aromatic heterocycles.